The Hall–Kier alpha value is -2.12. The standard InChI is InChI=1S/C16H18ClN3O4/c1-9-18-15(24-19-9)13-7-20(6-10(13)8-21)16(22)12-5-11(17)3-4-14(12)23-2/h3-5,10,13,21H,6-8H2,1-2H3. The smallest absolute Gasteiger partial charge is 0.257 e. The van der Waals surface area contributed by atoms with Gasteiger partial charge in [-0.05, 0) is 25.1 Å². The predicted octanol–water partition coefficient (Wildman–Crippen LogP) is 1.89. The van der Waals surface area contributed by atoms with Crippen LogP contribution in [0.15, 0.2) is 22.7 Å². The Kier molecular flexibility index (Phi) is 4.73. The molecule has 1 aliphatic rings. The molecule has 0 radical (unpaired) electrons. The number of hydrogen-bond acceptors (Lipinski definition) is 6. The number of rotatable bonds is 4. The van der Waals surface area contributed by atoms with Crippen LogP contribution in [0.4, 0.5) is 0 Å². The van der Waals surface area contributed by atoms with E-state index in [0.29, 0.717) is 41.1 Å². The highest BCUT2D eigenvalue weighted by molar-refractivity contribution is 6.31. The minimum absolute atomic E-state index is 0.0669. The number of benzene rings is 1. The van der Waals surface area contributed by atoms with Crippen molar-refractivity contribution in [1.82, 2.24) is 15.0 Å². The van der Waals surface area contributed by atoms with Crippen LogP contribution >= 0.6 is 11.6 Å². The highest BCUT2D eigenvalue weighted by Crippen LogP contribution is 2.34. The largest absolute Gasteiger partial charge is 0.496 e. The average Bonchev–Trinajstić information content (AvgIpc) is 3.19. The van der Waals surface area contributed by atoms with Gasteiger partial charge in [0.05, 0.1) is 18.6 Å². The number of aliphatic hydroxyl groups excluding tert-OH is 1. The minimum atomic E-state index is -0.202. The number of hydrogen-bond donors (Lipinski definition) is 1. The van der Waals surface area contributed by atoms with E-state index in [9.17, 15) is 9.90 Å². The van der Waals surface area contributed by atoms with E-state index in [0.717, 1.165) is 0 Å². The van der Waals surface area contributed by atoms with E-state index in [-0.39, 0.29) is 24.3 Å². The summed E-state index contributed by atoms with van der Waals surface area (Å²) in [6, 6.07) is 4.91. The normalized spacial score (nSPS) is 20.4. The molecule has 1 fully saturated rings. The second-order valence-corrected chi connectivity index (χ2v) is 6.22. The zero-order valence-corrected chi connectivity index (χ0v) is 14.2. The Morgan fingerprint density at radius 1 is 1.50 bits per heavy atom. The van der Waals surface area contributed by atoms with Gasteiger partial charge in [0.1, 0.15) is 5.75 Å². The van der Waals surface area contributed by atoms with Crippen molar-refractivity contribution in [2.45, 2.75) is 12.8 Å². The van der Waals surface area contributed by atoms with Crippen molar-refractivity contribution in [2.24, 2.45) is 5.92 Å². The van der Waals surface area contributed by atoms with Crippen LogP contribution in [0.1, 0.15) is 28.0 Å². The molecule has 0 bridgehead atoms. The van der Waals surface area contributed by atoms with E-state index in [1.165, 1.54) is 7.11 Å². The third-order valence-electron chi connectivity index (χ3n) is 4.22. The molecule has 0 aliphatic carbocycles. The summed E-state index contributed by atoms with van der Waals surface area (Å²) in [5.41, 5.74) is 0.393. The molecule has 2 heterocycles. The molecule has 24 heavy (non-hydrogen) atoms. The van der Waals surface area contributed by atoms with Crippen molar-refractivity contribution in [3.05, 3.63) is 40.5 Å². The summed E-state index contributed by atoms with van der Waals surface area (Å²) in [7, 11) is 1.50. The zero-order chi connectivity index (χ0) is 17.3. The average molecular weight is 352 g/mol. The highest BCUT2D eigenvalue weighted by Gasteiger charge is 2.39. The molecular weight excluding hydrogens is 334 g/mol. The van der Waals surface area contributed by atoms with Crippen LogP contribution < -0.4 is 4.74 Å². The van der Waals surface area contributed by atoms with Crippen LogP contribution in [0.2, 0.25) is 5.02 Å². The SMILES string of the molecule is COc1ccc(Cl)cc1C(=O)N1CC(CO)C(c2nc(C)no2)C1. The van der Waals surface area contributed by atoms with Gasteiger partial charge in [-0.15, -0.1) is 0 Å². The predicted molar refractivity (Wildman–Crippen MR) is 86.3 cm³/mol. The quantitative estimate of drug-likeness (QED) is 0.904. The highest BCUT2D eigenvalue weighted by atomic mass is 35.5. The number of ether oxygens (including phenoxy) is 1. The fourth-order valence-electron chi connectivity index (χ4n) is 2.98. The van der Waals surface area contributed by atoms with Gasteiger partial charge in [0, 0.05) is 30.6 Å². The van der Waals surface area contributed by atoms with Gasteiger partial charge in [-0.3, -0.25) is 4.79 Å². The van der Waals surface area contributed by atoms with Crippen molar-refractivity contribution in [1.29, 1.82) is 0 Å². The molecule has 1 N–H and O–H groups in total. The van der Waals surface area contributed by atoms with Gasteiger partial charge in [0.15, 0.2) is 5.82 Å². The summed E-state index contributed by atoms with van der Waals surface area (Å²) in [5, 5.41) is 13.9. The Morgan fingerprint density at radius 2 is 2.29 bits per heavy atom. The summed E-state index contributed by atoms with van der Waals surface area (Å²) < 4.78 is 10.5. The Balaban J connectivity index is 1.85. The Bertz CT molecular complexity index is 749. The van der Waals surface area contributed by atoms with Gasteiger partial charge in [-0.2, -0.15) is 4.98 Å². The molecule has 128 valence electrons. The number of aromatic nitrogens is 2. The monoisotopic (exact) mass is 351 g/mol. The van der Waals surface area contributed by atoms with Crippen LogP contribution in [0.3, 0.4) is 0 Å². The molecule has 0 saturated carbocycles. The first-order chi connectivity index (χ1) is 11.5. The van der Waals surface area contributed by atoms with Gasteiger partial charge in [-0.1, -0.05) is 16.8 Å². The molecule has 1 aromatic carbocycles. The summed E-state index contributed by atoms with van der Waals surface area (Å²) in [6.45, 7) is 2.46. The molecule has 1 saturated heterocycles. The number of nitrogens with zero attached hydrogens (tertiary/aromatic N) is 3. The molecule has 1 aromatic heterocycles. The molecule has 1 aliphatic heterocycles. The maximum atomic E-state index is 12.9. The van der Waals surface area contributed by atoms with Gasteiger partial charge < -0.3 is 19.3 Å². The fraction of sp³-hybridized carbons (Fsp3) is 0.438. The Labute approximate surface area is 144 Å². The summed E-state index contributed by atoms with van der Waals surface area (Å²) in [4.78, 5) is 18.7. The number of carbonyl (C=O) groups is 1. The number of carbonyl (C=O) groups excluding carboxylic acids is 1. The molecule has 0 spiro atoms. The van der Waals surface area contributed by atoms with E-state index < -0.39 is 0 Å². The zero-order valence-electron chi connectivity index (χ0n) is 13.4. The topological polar surface area (TPSA) is 88.7 Å². The first kappa shape index (κ1) is 16.7. The molecule has 2 aromatic rings. The van der Waals surface area contributed by atoms with E-state index in [4.69, 9.17) is 20.9 Å². The maximum Gasteiger partial charge on any atom is 0.257 e. The maximum absolute atomic E-state index is 12.9. The van der Waals surface area contributed by atoms with Crippen LogP contribution in [0.5, 0.6) is 5.75 Å². The Morgan fingerprint density at radius 3 is 2.92 bits per heavy atom. The third-order valence-corrected chi connectivity index (χ3v) is 4.45. The van der Waals surface area contributed by atoms with Crippen LogP contribution in [0.25, 0.3) is 0 Å². The van der Waals surface area contributed by atoms with E-state index in [1.54, 1.807) is 30.0 Å². The van der Waals surface area contributed by atoms with Gasteiger partial charge in [0.25, 0.3) is 5.91 Å². The van der Waals surface area contributed by atoms with Crippen LogP contribution in [-0.4, -0.2) is 52.9 Å². The second-order valence-electron chi connectivity index (χ2n) is 5.78. The molecule has 8 heteroatoms. The van der Waals surface area contributed by atoms with E-state index in [2.05, 4.69) is 10.1 Å². The van der Waals surface area contributed by atoms with E-state index in [1.807, 2.05) is 0 Å². The number of aliphatic hydroxyl groups is 1. The number of halogens is 1. The van der Waals surface area contributed by atoms with Crippen molar-refractivity contribution >= 4 is 17.5 Å². The molecule has 7 nitrogen and oxygen atoms in total. The van der Waals surface area contributed by atoms with Gasteiger partial charge in [-0.25, -0.2) is 0 Å². The van der Waals surface area contributed by atoms with Gasteiger partial charge >= 0.3 is 0 Å². The number of methoxy groups -OCH3 is 1. The fourth-order valence-corrected chi connectivity index (χ4v) is 3.16. The number of likely N-dealkylation sites (tertiary alicyclic amines) is 1. The lowest BCUT2D eigenvalue weighted by Gasteiger charge is -2.18. The van der Waals surface area contributed by atoms with Crippen LogP contribution in [-0.2, 0) is 0 Å². The summed E-state index contributed by atoms with van der Waals surface area (Å²) >= 11 is 6.01. The number of aryl methyl sites for hydroxylation is 1. The van der Waals surface area contributed by atoms with Gasteiger partial charge in [0.2, 0.25) is 5.89 Å². The minimum Gasteiger partial charge on any atom is -0.496 e. The second kappa shape index (κ2) is 6.78. The summed E-state index contributed by atoms with van der Waals surface area (Å²) in [6.07, 6.45) is 0. The van der Waals surface area contributed by atoms with E-state index >= 15 is 0 Å². The van der Waals surface area contributed by atoms with Crippen molar-refractivity contribution in [3.63, 3.8) is 0 Å². The first-order valence-electron chi connectivity index (χ1n) is 7.57. The lowest BCUT2D eigenvalue weighted by atomic mass is 9.97. The van der Waals surface area contributed by atoms with Crippen LogP contribution in [0, 0.1) is 12.8 Å². The van der Waals surface area contributed by atoms with Crippen molar-refractivity contribution in [3.8, 4) is 5.75 Å². The summed E-state index contributed by atoms with van der Waals surface area (Å²) in [5.74, 6) is 0.890. The molecule has 2 unspecified atom stereocenters. The molecule has 3 rings (SSSR count). The van der Waals surface area contributed by atoms with Crippen molar-refractivity contribution < 1.29 is 19.2 Å². The lowest BCUT2D eigenvalue weighted by Crippen LogP contribution is -2.29. The number of amides is 1. The lowest BCUT2D eigenvalue weighted by molar-refractivity contribution is 0.0777. The van der Waals surface area contributed by atoms with Crippen molar-refractivity contribution in [2.75, 3.05) is 26.8 Å². The molecular formula is C16H18ClN3O4. The first-order valence-corrected chi connectivity index (χ1v) is 7.95. The molecule has 1 amide bonds. The molecule has 2 atom stereocenters. The third kappa shape index (κ3) is 3.09.